The number of hydrogen-bond acceptors (Lipinski definition) is 3. The number of carbonyl (C=O) groups excluding carboxylic acids is 1. The maximum absolute atomic E-state index is 12.0. The Bertz CT molecular complexity index is 497. The van der Waals surface area contributed by atoms with Gasteiger partial charge in [0, 0.05) is 6.54 Å². The minimum atomic E-state index is -0.290. The van der Waals surface area contributed by atoms with Gasteiger partial charge in [0.15, 0.2) is 6.61 Å². The lowest BCUT2D eigenvalue weighted by Gasteiger charge is -2.29. The summed E-state index contributed by atoms with van der Waals surface area (Å²) in [5, 5.41) is 3.02. The molecule has 1 unspecified atom stereocenters. The molecule has 1 aromatic carbocycles. The van der Waals surface area contributed by atoms with Gasteiger partial charge in [-0.3, -0.25) is 4.79 Å². The second kappa shape index (κ2) is 5.83. The predicted molar refractivity (Wildman–Crippen MR) is 79.7 cm³/mol. The minimum Gasteiger partial charge on any atom is -0.483 e. The number of ether oxygens (including phenoxy) is 1. The first kappa shape index (κ1) is 14.9. The van der Waals surface area contributed by atoms with E-state index >= 15 is 0 Å². The summed E-state index contributed by atoms with van der Waals surface area (Å²) in [5.74, 6) is 1.17. The molecule has 110 valence electrons. The van der Waals surface area contributed by atoms with Gasteiger partial charge in [-0.1, -0.05) is 12.1 Å². The second-order valence-corrected chi connectivity index (χ2v) is 6.00. The summed E-state index contributed by atoms with van der Waals surface area (Å²) in [4.78, 5) is 12.0. The highest BCUT2D eigenvalue weighted by Gasteiger charge is 2.41. The summed E-state index contributed by atoms with van der Waals surface area (Å²) in [6.07, 6.45) is 2.29. The van der Waals surface area contributed by atoms with Crippen LogP contribution in [0.2, 0.25) is 0 Å². The molecule has 4 heteroatoms. The number of benzene rings is 1. The topological polar surface area (TPSA) is 64.3 Å². The summed E-state index contributed by atoms with van der Waals surface area (Å²) < 4.78 is 5.62. The van der Waals surface area contributed by atoms with Crippen LogP contribution in [0, 0.1) is 19.8 Å². The van der Waals surface area contributed by atoms with Gasteiger partial charge in [-0.2, -0.15) is 0 Å². The Morgan fingerprint density at radius 3 is 2.75 bits per heavy atom. The number of nitrogens with two attached hydrogens (primary N) is 1. The molecule has 4 nitrogen and oxygen atoms in total. The molecule has 0 saturated heterocycles. The first-order chi connectivity index (χ1) is 9.44. The Hall–Kier alpha value is -1.55. The highest BCUT2D eigenvalue weighted by Crippen LogP contribution is 2.38. The average molecular weight is 276 g/mol. The van der Waals surface area contributed by atoms with Gasteiger partial charge in [-0.25, -0.2) is 0 Å². The van der Waals surface area contributed by atoms with Gasteiger partial charge in [-0.05, 0) is 56.7 Å². The molecule has 1 atom stereocenters. The second-order valence-electron chi connectivity index (χ2n) is 6.00. The van der Waals surface area contributed by atoms with Crippen LogP contribution in [0.15, 0.2) is 18.2 Å². The van der Waals surface area contributed by atoms with Gasteiger partial charge in [0.25, 0.3) is 5.91 Å². The fourth-order valence-electron chi connectivity index (χ4n) is 2.40. The van der Waals surface area contributed by atoms with Gasteiger partial charge >= 0.3 is 0 Å². The smallest absolute Gasteiger partial charge is 0.258 e. The summed E-state index contributed by atoms with van der Waals surface area (Å²) in [6, 6.07) is 5.98. The molecule has 0 spiro atoms. The molecule has 20 heavy (non-hydrogen) atoms. The molecular weight excluding hydrogens is 252 g/mol. The quantitative estimate of drug-likeness (QED) is 0.834. The molecule has 1 aromatic rings. The maximum atomic E-state index is 12.0. The van der Waals surface area contributed by atoms with Crippen molar-refractivity contribution in [1.82, 2.24) is 5.32 Å². The molecule has 1 fully saturated rings. The van der Waals surface area contributed by atoms with E-state index in [1.54, 1.807) is 0 Å². The van der Waals surface area contributed by atoms with Crippen molar-refractivity contribution in [2.24, 2.45) is 11.7 Å². The van der Waals surface area contributed by atoms with E-state index < -0.39 is 0 Å². The van der Waals surface area contributed by atoms with Crippen LogP contribution in [-0.2, 0) is 4.79 Å². The number of hydrogen-bond donors (Lipinski definition) is 2. The van der Waals surface area contributed by atoms with Gasteiger partial charge in [0.1, 0.15) is 5.75 Å². The van der Waals surface area contributed by atoms with Crippen molar-refractivity contribution in [3.63, 3.8) is 0 Å². The lowest BCUT2D eigenvalue weighted by atomic mass is 9.96. The fraction of sp³-hybridized carbons (Fsp3) is 0.562. The van der Waals surface area contributed by atoms with E-state index in [1.165, 1.54) is 0 Å². The largest absolute Gasteiger partial charge is 0.483 e. The normalized spacial score (nSPS) is 17.4. The van der Waals surface area contributed by atoms with Crippen LogP contribution in [0.4, 0.5) is 0 Å². The summed E-state index contributed by atoms with van der Waals surface area (Å²) >= 11 is 0. The minimum absolute atomic E-state index is 0.0343. The van der Waals surface area contributed by atoms with Crippen LogP contribution < -0.4 is 15.8 Å². The molecule has 1 amide bonds. The zero-order valence-corrected chi connectivity index (χ0v) is 12.5. The molecule has 1 aliphatic rings. The van der Waals surface area contributed by atoms with Crippen LogP contribution in [0.25, 0.3) is 0 Å². The number of rotatable bonds is 6. The summed E-state index contributed by atoms with van der Waals surface area (Å²) in [7, 11) is 0. The van der Waals surface area contributed by atoms with Crippen molar-refractivity contribution in [1.29, 1.82) is 0 Å². The van der Waals surface area contributed by atoms with E-state index in [0.717, 1.165) is 29.7 Å². The Morgan fingerprint density at radius 1 is 1.45 bits per heavy atom. The highest BCUT2D eigenvalue weighted by molar-refractivity contribution is 5.78. The van der Waals surface area contributed by atoms with Crippen molar-refractivity contribution in [3.05, 3.63) is 29.3 Å². The van der Waals surface area contributed by atoms with Gasteiger partial charge in [0.2, 0.25) is 0 Å². The lowest BCUT2D eigenvalue weighted by molar-refractivity contribution is -0.125. The average Bonchev–Trinajstić information content (AvgIpc) is 3.24. The van der Waals surface area contributed by atoms with E-state index in [1.807, 2.05) is 39.0 Å². The van der Waals surface area contributed by atoms with Gasteiger partial charge < -0.3 is 15.8 Å². The molecule has 1 aliphatic carbocycles. The van der Waals surface area contributed by atoms with E-state index in [9.17, 15) is 4.79 Å². The molecular formula is C16H24N2O2. The molecule has 0 heterocycles. The zero-order chi connectivity index (χ0) is 14.8. The van der Waals surface area contributed by atoms with Gasteiger partial charge in [-0.15, -0.1) is 0 Å². The molecule has 0 aromatic heterocycles. The molecule has 2 rings (SSSR count). The Kier molecular flexibility index (Phi) is 4.33. The first-order valence-corrected chi connectivity index (χ1v) is 7.16. The SMILES string of the molecule is Cc1ccc(C)c(OCC(=O)NC(C)(CN)C2CC2)c1. The van der Waals surface area contributed by atoms with Crippen molar-refractivity contribution in [3.8, 4) is 5.75 Å². The third-order valence-corrected chi connectivity index (χ3v) is 4.03. The molecule has 3 N–H and O–H groups in total. The van der Waals surface area contributed by atoms with Crippen molar-refractivity contribution >= 4 is 5.91 Å². The number of amides is 1. The number of nitrogens with one attached hydrogen (secondary N) is 1. The fourth-order valence-corrected chi connectivity index (χ4v) is 2.40. The van der Waals surface area contributed by atoms with E-state index in [4.69, 9.17) is 10.5 Å². The third kappa shape index (κ3) is 3.51. The van der Waals surface area contributed by atoms with E-state index in [0.29, 0.717) is 12.5 Å². The van der Waals surface area contributed by atoms with Crippen LogP contribution >= 0.6 is 0 Å². The molecule has 0 radical (unpaired) electrons. The number of aryl methyl sites for hydroxylation is 2. The Labute approximate surface area is 120 Å². The predicted octanol–water partition coefficient (Wildman–Crippen LogP) is 1.93. The van der Waals surface area contributed by atoms with Crippen LogP contribution in [0.1, 0.15) is 30.9 Å². The first-order valence-electron chi connectivity index (χ1n) is 7.16. The van der Waals surface area contributed by atoms with Crippen molar-refractivity contribution < 1.29 is 9.53 Å². The van der Waals surface area contributed by atoms with Crippen LogP contribution in [0.5, 0.6) is 5.75 Å². The van der Waals surface area contributed by atoms with Gasteiger partial charge in [0.05, 0.1) is 5.54 Å². The van der Waals surface area contributed by atoms with Crippen molar-refractivity contribution in [2.45, 2.75) is 39.2 Å². The maximum Gasteiger partial charge on any atom is 0.258 e. The Morgan fingerprint density at radius 2 is 2.15 bits per heavy atom. The van der Waals surface area contributed by atoms with E-state index in [-0.39, 0.29) is 18.1 Å². The molecule has 1 saturated carbocycles. The number of carbonyl (C=O) groups is 1. The highest BCUT2D eigenvalue weighted by atomic mass is 16.5. The van der Waals surface area contributed by atoms with E-state index in [2.05, 4.69) is 5.32 Å². The standard InChI is InChI=1S/C16H24N2O2/c1-11-4-5-12(2)14(8-11)20-9-15(19)18-16(3,10-17)13-6-7-13/h4-5,8,13H,6-7,9-10,17H2,1-3H3,(H,18,19). The Balaban J connectivity index is 1.90. The zero-order valence-electron chi connectivity index (χ0n) is 12.5. The van der Waals surface area contributed by atoms with Crippen LogP contribution in [-0.4, -0.2) is 24.6 Å². The molecule has 0 bridgehead atoms. The third-order valence-electron chi connectivity index (χ3n) is 4.03. The van der Waals surface area contributed by atoms with Crippen molar-refractivity contribution in [2.75, 3.05) is 13.2 Å². The summed E-state index contributed by atoms with van der Waals surface area (Å²) in [5.41, 5.74) is 7.66. The lowest BCUT2D eigenvalue weighted by Crippen LogP contribution is -2.54. The molecule has 0 aliphatic heterocycles. The summed E-state index contributed by atoms with van der Waals surface area (Å²) in [6.45, 7) is 6.49. The monoisotopic (exact) mass is 276 g/mol. The van der Waals surface area contributed by atoms with Crippen LogP contribution in [0.3, 0.4) is 0 Å².